The molecule has 0 aliphatic carbocycles. The highest BCUT2D eigenvalue weighted by Crippen LogP contribution is 2.26. The van der Waals surface area contributed by atoms with Gasteiger partial charge in [-0.3, -0.25) is 9.89 Å². The zero-order chi connectivity index (χ0) is 18.9. The summed E-state index contributed by atoms with van der Waals surface area (Å²) in [4.78, 5) is 24.3. The Balaban J connectivity index is 1.55. The number of H-pyrrole nitrogens is 1. The molecule has 0 spiro atoms. The maximum Gasteiger partial charge on any atom is 0.273 e. The molecular formula is C22H21N5O. The Morgan fingerprint density at radius 2 is 1.75 bits per heavy atom. The highest BCUT2D eigenvalue weighted by Gasteiger charge is 2.15. The number of nitrogens with zero attached hydrogens (tertiary/aromatic N) is 4. The quantitative estimate of drug-likeness (QED) is 0.596. The van der Waals surface area contributed by atoms with Gasteiger partial charge in [-0.05, 0) is 31.4 Å². The maximum atomic E-state index is 12.5. The van der Waals surface area contributed by atoms with Crippen LogP contribution in [0.15, 0.2) is 65.7 Å². The molecular weight excluding hydrogens is 350 g/mol. The standard InChI is InChI=1S/C22H21N5O/c28-21-13-19(16-7-3-1-4-8-16)25-22-18(15-24-27(21)22)17-9-10-20(23-14-17)26-11-5-2-6-12-26/h1,3-4,7-10,13-15,24H,2,5-6,11-12H2. The van der Waals surface area contributed by atoms with Crippen LogP contribution < -0.4 is 10.5 Å². The number of pyridine rings is 1. The van der Waals surface area contributed by atoms with Crippen molar-refractivity contribution in [3.63, 3.8) is 0 Å². The van der Waals surface area contributed by atoms with Gasteiger partial charge in [0.1, 0.15) is 5.82 Å². The van der Waals surface area contributed by atoms with E-state index in [-0.39, 0.29) is 5.56 Å². The Labute approximate surface area is 162 Å². The topological polar surface area (TPSA) is 66.3 Å². The highest BCUT2D eigenvalue weighted by atomic mass is 16.1. The summed E-state index contributed by atoms with van der Waals surface area (Å²) < 4.78 is 1.47. The van der Waals surface area contributed by atoms with E-state index in [1.807, 2.05) is 42.7 Å². The molecule has 1 aromatic carbocycles. The van der Waals surface area contributed by atoms with Crippen molar-refractivity contribution in [2.75, 3.05) is 18.0 Å². The van der Waals surface area contributed by atoms with Gasteiger partial charge in [-0.15, -0.1) is 0 Å². The number of aromatic amines is 1. The Morgan fingerprint density at radius 1 is 0.929 bits per heavy atom. The molecule has 1 aliphatic rings. The first-order valence-electron chi connectivity index (χ1n) is 9.67. The van der Waals surface area contributed by atoms with Crippen LogP contribution >= 0.6 is 0 Å². The Kier molecular flexibility index (Phi) is 4.16. The van der Waals surface area contributed by atoms with E-state index in [9.17, 15) is 4.79 Å². The molecule has 0 radical (unpaired) electrons. The van der Waals surface area contributed by atoms with E-state index >= 15 is 0 Å². The molecule has 140 valence electrons. The average Bonchev–Trinajstić information content (AvgIpc) is 3.20. The molecule has 6 nitrogen and oxygen atoms in total. The van der Waals surface area contributed by atoms with Crippen molar-refractivity contribution in [3.05, 3.63) is 71.3 Å². The van der Waals surface area contributed by atoms with Crippen molar-refractivity contribution < 1.29 is 0 Å². The molecule has 0 amide bonds. The molecule has 1 saturated heterocycles. The fourth-order valence-corrected chi connectivity index (χ4v) is 3.81. The third-order valence-electron chi connectivity index (χ3n) is 5.31. The van der Waals surface area contributed by atoms with E-state index in [1.165, 1.54) is 23.8 Å². The predicted molar refractivity (Wildman–Crippen MR) is 111 cm³/mol. The fraction of sp³-hybridized carbons (Fsp3) is 0.227. The van der Waals surface area contributed by atoms with Crippen LogP contribution in [-0.4, -0.2) is 32.7 Å². The van der Waals surface area contributed by atoms with E-state index in [1.54, 1.807) is 6.07 Å². The molecule has 4 aromatic rings. The summed E-state index contributed by atoms with van der Waals surface area (Å²) in [6, 6.07) is 15.4. The molecule has 6 heteroatoms. The van der Waals surface area contributed by atoms with Crippen LogP contribution in [0.4, 0.5) is 5.82 Å². The smallest absolute Gasteiger partial charge is 0.273 e. The maximum absolute atomic E-state index is 12.5. The number of rotatable bonds is 3. The predicted octanol–water partition coefficient (Wildman–Crippen LogP) is 3.74. The van der Waals surface area contributed by atoms with Gasteiger partial charge in [0.2, 0.25) is 0 Å². The van der Waals surface area contributed by atoms with Gasteiger partial charge in [0.05, 0.1) is 5.69 Å². The normalized spacial score (nSPS) is 14.5. The number of anilines is 1. The summed E-state index contributed by atoms with van der Waals surface area (Å²) in [7, 11) is 0. The van der Waals surface area contributed by atoms with Gasteiger partial charge >= 0.3 is 0 Å². The number of nitrogens with one attached hydrogen (secondary N) is 1. The van der Waals surface area contributed by atoms with Crippen LogP contribution in [0.1, 0.15) is 19.3 Å². The largest absolute Gasteiger partial charge is 0.357 e. The van der Waals surface area contributed by atoms with Gasteiger partial charge in [-0.25, -0.2) is 14.5 Å². The molecule has 0 bridgehead atoms. The Bertz CT molecular complexity index is 1160. The van der Waals surface area contributed by atoms with Gasteiger partial charge in [-0.2, -0.15) is 0 Å². The van der Waals surface area contributed by atoms with Crippen LogP contribution in [0, 0.1) is 0 Å². The molecule has 1 N–H and O–H groups in total. The van der Waals surface area contributed by atoms with Crippen molar-refractivity contribution >= 4 is 11.5 Å². The second kappa shape index (κ2) is 6.96. The van der Waals surface area contributed by atoms with Crippen molar-refractivity contribution in [2.45, 2.75) is 19.3 Å². The molecule has 28 heavy (non-hydrogen) atoms. The summed E-state index contributed by atoms with van der Waals surface area (Å²) in [6.07, 6.45) is 7.43. The number of piperidine rings is 1. The van der Waals surface area contributed by atoms with Crippen LogP contribution in [0.25, 0.3) is 28.0 Å². The number of aromatic nitrogens is 4. The SMILES string of the molecule is O=c1cc(-c2ccccc2)nc2c(-c3ccc(N4CCCCC4)nc3)c[nH]n12. The second-order valence-corrected chi connectivity index (χ2v) is 7.14. The van der Waals surface area contributed by atoms with Crippen LogP contribution in [0.3, 0.4) is 0 Å². The van der Waals surface area contributed by atoms with Crippen LogP contribution in [0.2, 0.25) is 0 Å². The summed E-state index contributed by atoms with van der Waals surface area (Å²) in [5, 5.41) is 3.02. The van der Waals surface area contributed by atoms with Crippen LogP contribution in [-0.2, 0) is 0 Å². The Hall–Kier alpha value is -3.41. The van der Waals surface area contributed by atoms with Crippen molar-refractivity contribution in [3.8, 4) is 22.4 Å². The van der Waals surface area contributed by atoms with E-state index in [0.717, 1.165) is 35.6 Å². The molecule has 1 fully saturated rings. The van der Waals surface area contributed by atoms with Gasteiger partial charge < -0.3 is 4.90 Å². The van der Waals surface area contributed by atoms with Gasteiger partial charge in [0, 0.05) is 48.2 Å². The zero-order valence-corrected chi connectivity index (χ0v) is 15.5. The summed E-state index contributed by atoms with van der Waals surface area (Å²) in [6.45, 7) is 2.13. The first kappa shape index (κ1) is 16.7. The lowest BCUT2D eigenvalue weighted by Crippen LogP contribution is -2.29. The zero-order valence-electron chi connectivity index (χ0n) is 15.5. The number of hydrogen-bond acceptors (Lipinski definition) is 4. The Morgan fingerprint density at radius 3 is 2.50 bits per heavy atom. The number of hydrogen-bond donors (Lipinski definition) is 1. The minimum absolute atomic E-state index is 0.131. The lowest BCUT2D eigenvalue weighted by Gasteiger charge is -2.27. The monoisotopic (exact) mass is 371 g/mol. The van der Waals surface area contributed by atoms with Gasteiger partial charge in [0.15, 0.2) is 5.65 Å². The second-order valence-electron chi connectivity index (χ2n) is 7.14. The minimum Gasteiger partial charge on any atom is -0.357 e. The number of benzene rings is 1. The summed E-state index contributed by atoms with van der Waals surface area (Å²) >= 11 is 0. The van der Waals surface area contributed by atoms with E-state index in [2.05, 4.69) is 27.1 Å². The molecule has 0 unspecified atom stereocenters. The van der Waals surface area contributed by atoms with Crippen molar-refractivity contribution in [1.82, 2.24) is 19.6 Å². The molecule has 0 atom stereocenters. The third kappa shape index (κ3) is 2.97. The van der Waals surface area contributed by atoms with E-state index in [4.69, 9.17) is 4.98 Å². The minimum atomic E-state index is -0.131. The number of fused-ring (bicyclic) bond motifs is 1. The average molecular weight is 371 g/mol. The van der Waals surface area contributed by atoms with Crippen LogP contribution in [0.5, 0.6) is 0 Å². The van der Waals surface area contributed by atoms with E-state index in [0.29, 0.717) is 11.3 Å². The molecule has 1 aliphatic heterocycles. The van der Waals surface area contributed by atoms with Crippen molar-refractivity contribution in [1.29, 1.82) is 0 Å². The first-order valence-corrected chi connectivity index (χ1v) is 9.67. The lowest BCUT2D eigenvalue weighted by atomic mass is 10.1. The van der Waals surface area contributed by atoms with Crippen molar-refractivity contribution in [2.24, 2.45) is 0 Å². The van der Waals surface area contributed by atoms with Gasteiger partial charge in [-0.1, -0.05) is 30.3 Å². The third-order valence-corrected chi connectivity index (χ3v) is 5.31. The highest BCUT2D eigenvalue weighted by molar-refractivity contribution is 5.78. The molecule has 4 heterocycles. The first-order chi connectivity index (χ1) is 13.8. The summed E-state index contributed by atoms with van der Waals surface area (Å²) in [5.74, 6) is 1.01. The molecule has 3 aromatic heterocycles. The lowest BCUT2D eigenvalue weighted by molar-refractivity contribution is 0.573. The summed E-state index contributed by atoms with van der Waals surface area (Å²) in [5.41, 5.74) is 3.88. The van der Waals surface area contributed by atoms with E-state index < -0.39 is 0 Å². The molecule has 5 rings (SSSR count). The molecule has 0 saturated carbocycles. The van der Waals surface area contributed by atoms with Gasteiger partial charge in [0.25, 0.3) is 5.56 Å². The fourth-order valence-electron chi connectivity index (χ4n) is 3.81.